The molecule has 134 valence electrons. The second-order valence-electron chi connectivity index (χ2n) is 7.10. The van der Waals surface area contributed by atoms with E-state index in [1.54, 1.807) is 6.08 Å². The number of hydrogen-bond donors (Lipinski definition) is 1. The number of nitrogens with one attached hydrogen (secondary N) is 1. The first-order valence-electron chi connectivity index (χ1n) is 9.13. The van der Waals surface area contributed by atoms with Gasteiger partial charge in [0.15, 0.2) is 0 Å². The third kappa shape index (κ3) is 4.41. The Balaban J connectivity index is 1.54. The Morgan fingerprint density at radius 1 is 1.28 bits per heavy atom. The summed E-state index contributed by atoms with van der Waals surface area (Å²) in [6, 6.07) is 6.31. The van der Waals surface area contributed by atoms with Crippen molar-refractivity contribution in [1.29, 1.82) is 0 Å². The van der Waals surface area contributed by atoms with E-state index in [-0.39, 0.29) is 17.9 Å². The van der Waals surface area contributed by atoms with Crippen molar-refractivity contribution in [2.45, 2.75) is 38.6 Å². The molecule has 1 saturated heterocycles. The number of rotatable bonds is 5. The van der Waals surface area contributed by atoms with Crippen LogP contribution in [0, 0.1) is 0 Å². The third-order valence-corrected chi connectivity index (χ3v) is 4.94. The number of fused-ring (bicyclic) bond motifs is 1. The molecule has 0 radical (unpaired) electrons. The van der Waals surface area contributed by atoms with Gasteiger partial charge in [-0.05, 0) is 55.5 Å². The molecule has 0 spiro atoms. The number of benzene rings is 1. The standard InChI is InChI=1S/C20H27N3O2/c1-15(14-23-12-4-6-20(23)25)21-19(24)10-8-16-7-9-18-17(13-16)5-3-11-22(18)2/h7-10,13,15H,3-6,11-12,14H2,1-2H3,(H,21,24)/b10-8+/t15-/m0/s1. The van der Waals surface area contributed by atoms with Crippen LogP contribution in [0.1, 0.15) is 37.3 Å². The van der Waals surface area contributed by atoms with Gasteiger partial charge in [0.25, 0.3) is 0 Å². The normalized spacial score (nSPS) is 18.6. The lowest BCUT2D eigenvalue weighted by molar-refractivity contribution is -0.128. The van der Waals surface area contributed by atoms with Crippen LogP contribution in [-0.4, -0.2) is 49.4 Å². The van der Waals surface area contributed by atoms with E-state index in [9.17, 15) is 9.59 Å². The summed E-state index contributed by atoms with van der Waals surface area (Å²) in [5, 5.41) is 2.94. The highest BCUT2D eigenvalue weighted by atomic mass is 16.2. The van der Waals surface area contributed by atoms with Crippen molar-refractivity contribution < 1.29 is 9.59 Å². The number of carbonyl (C=O) groups is 2. The first-order chi connectivity index (χ1) is 12.0. The van der Waals surface area contributed by atoms with E-state index >= 15 is 0 Å². The highest BCUT2D eigenvalue weighted by molar-refractivity contribution is 5.92. The van der Waals surface area contributed by atoms with Crippen LogP contribution in [0.15, 0.2) is 24.3 Å². The molecular formula is C20H27N3O2. The fraction of sp³-hybridized carbons (Fsp3) is 0.500. The summed E-state index contributed by atoms with van der Waals surface area (Å²) in [6.07, 6.45) is 7.26. The summed E-state index contributed by atoms with van der Waals surface area (Å²) < 4.78 is 0. The number of likely N-dealkylation sites (tertiary alicyclic amines) is 1. The van der Waals surface area contributed by atoms with Crippen molar-refractivity contribution in [3.63, 3.8) is 0 Å². The number of amides is 2. The summed E-state index contributed by atoms with van der Waals surface area (Å²) in [5.74, 6) is 0.0738. The van der Waals surface area contributed by atoms with Gasteiger partial charge in [0.1, 0.15) is 0 Å². The molecule has 0 saturated carbocycles. The highest BCUT2D eigenvalue weighted by Gasteiger charge is 2.22. The van der Waals surface area contributed by atoms with Gasteiger partial charge in [-0.25, -0.2) is 0 Å². The van der Waals surface area contributed by atoms with Crippen LogP contribution in [0.4, 0.5) is 5.69 Å². The average Bonchev–Trinajstić information content (AvgIpc) is 2.98. The zero-order valence-corrected chi connectivity index (χ0v) is 15.1. The van der Waals surface area contributed by atoms with Gasteiger partial charge in [-0.1, -0.05) is 6.07 Å². The predicted octanol–water partition coefficient (Wildman–Crippen LogP) is 2.21. The summed E-state index contributed by atoms with van der Waals surface area (Å²) in [6.45, 7) is 4.43. The molecule has 5 nitrogen and oxygen atoms in total. The molecule has 2 aliphatic rings. The zero-order chi connectivity index (χ0) is 17.8. The average molecular weight is 341 g/mol. The molecule has 0 bridgehead atoms. The summed E-state index contributed by atoms with van der Waals surface area (Å²) in [4.78, 5) is 27.9. The smallest absolute Gasteiger partial charge is 0.244 e. The van der Waals surface area contributed by atoms with E-state index in [1.165, 1.54) is 17.7 Å². The Labute approximate surface area is 149 Å². The van der Waals surface area contributed by atoms with Crippen LogP contribution in [0.5, 0.6) is 0 Å². The van der Waals surface area contributed by atoms with Crippen molar-refractivity contribution in [3.8, 4) is 0 Å². The van der Waals surface area contributed by atoms with Gasteiger partial charge in [0.2, 0.25) is 11.8 Å². The Kier molecular flexibility index (Phi) is 5.41. The fourth-order valence-corrected chi connectivity index (χ4v) is 3.65. The number of carbonyl (C=O) groups excluding carboxylic acids is 2. The molecule has 0 aliphatic carbocycles. The minimum Gasteiger partial charge on any atom is -0.374 e. The molecule has 0 aromatic heterocycles. The minimum atomic E-state index is -0.117. The van der Waals surface area contributed by atoms with Crippen molar-refractivity contribution in [2.24, 2.45) is 0 Å². The molecule has 0 unspecified atom stereocenters. The Hall–Kier alpha value is -2.30. The number of aryl methyl sites for hydroxylation is 1. The Morgan fingerprint density at radius 3 is 2.84 bits per heavy atom. The molecule has 1 atom stereocenters. The molecule has 2 heterocycles. The van der Waals surface area contributed by atoms with E-state index in [1.807, 2.05) is 17.9 Å². The maximum atomic E-state index is 12.1. The van der Waals surface area contributed by atoms with Crippen LogP contribution in [0.2, 0.25) is 0 Å². The topological polar surface area (TPSA) is 52.7 Å². The molecule has 1 N–H and O–H groups in total. The van der Waals surface area contributed by atoms with E-state index < -0.39 is 0 Å². The van der Waals surface area contributed by atoms with E-state index in [0.29, 0.717) is 13.0 Å². The lowest BCUT2D eigenvalue weighted by Gasteiger charge is -2.27. The van der Waals surface area contributed by atoms with Crippen LogP contribution in [0.3, 0.4) is 0 Å². The van der Waals surface area contributed by atoms with Crippen LogP contribution >= 0.6 is 0 Å². The van der Waals surface area contributed by atoms with Crippen LogP contribution < -0.4 is 10.2 Å². The van der Waals surface area contributed by atoms with Gasteiger partial charge in [-0.3, -0.25) is 9.59 Å². The molecule has 2 aliphatic heterocycles. The molecule has 1 aromatic carbocycles. The molecular weight excluding hydrogens is 314 g/mol. The summed E-state index contributed by atoms with van der Waals surface area (Å²) in [7, 11) is 2.12. The molecule has 5 heteroatoms. The third-order valence-electron chi connectivity index (χ3n) is 4.94. The highest BCUT2D eigenvalue weighted by Crippen LogP contribution is 2.27. The largest absolute Gasteiger partial charge is 0.374 e. The molecule has 2 amide bonds. The van der Waals surface area contributed by atoms with Gasteiger partial charge >= 0.3 is 0 Å². The Morgan fingerprint density at radius 2 is 2.08 bits per heavy atom. The second-order valence-corrected chi connectivity index (χ2v) is 7.10. The van der Waals surface area contributed by atoms with E-state index in [4.69, 9.17) is 0 Å². The maximum absolute atomic E-state index is 12.1. The lowest BCUT2D eigenvalue weighted by atomic mass is 9.99. The van der Waals surface area contributed by atoms with Crippen molar-refractivity contribution in [2.75, 3.05) is 31.6 Å². The van der Waals surface area contributed by atoms with Crippen LogP contribution in [0.25, 0.3) is 6.08 Å². The lowest BCUT2D eigenvalue weighted by Crippen LogP contribution is -2.41. The van der Waals surface area contributed by atoms with Crippen LogP contribution in [-0.2, 0) is 16.0 Å². The van der Waals surface area contributed by atoms with Gasteiger partial charge < -0.3 is 15.1 Å². The van der Waals surface area contributed by atoms with Crippen molar-refractivity contribution in [1.82, 2.24) is 10.2 Å². The van der Waals surface area contributed by atoms with E-state index in [2.05, 4.69) is 35.5 Å². The zero-order valence-electron chi connectivity index (χ0n) is 15.1. The summed E-state index contributed by atoms with van der Waals surface area (Å²) in [5.41, 5.74) is 3.68. The Bertz CT molecular complexity index is 684. The molecule has 1 aromatic rings. The minimum absolute atomic E-state index is 0.0450. The quantitative estimate of drug-likeness (QED) is 0.836. The maximum Gasteiger partial charge on any atom is 0.244 e. The number of anilines is 1. The second kappa shape index (κ2) is 7.72. The van der Waals surface area contributed by atoms with Gasteiger partial charge in [-0.2, -0.15) is 0 Å². The SMILES string of the molecule is C[C@@H](CN1CCCC1=O)NC(=O)/C=C/c1ccc2c(c1)CCCN2C. The summed E-state index contributed by atoms with van der Waals surface area (Å²) >= 11 is 0. The van der Waals surface area contributed by atoms with Gasteiger partial charge in [-0.15, -0.1) is 0 Å². The molecule has 3 rings (SSSR count). The molecule has 25 heavy (non-hydrogen) atoms. The van der Waals surface area contributed by atoms with Crippen molar-refractivity contribution >= 4 is 23.6 Å². The van der Waals surface area contributed by atoms with Crippen molar-refractivity contribution in [3.05, 3.63) is 35.4 Å². The fourth-order valence-electron chi connectivity index (χ4n) is 3.65. The first-order valence-corrected chi connectivity index (χ1v) is 9.13. The number of hydrogen-bond acceptors (Lipinski definition) is 3. The molecule has 1 fully saturated rings. The predicted molar refractivity (Wildman–Crippen MR) is 100 cm³/mol. The van der Waals surface area contributed by atoms with E-state index in [0.717, 1.165) is 31.5 Å². The first kappa shape index (κ1) is 17.5. The monoisotopic (exact) mass is 341 g/mol. The number of nitrogens with zero attached hydrogens (tertiary/aromatic N) is 2. The van der Waals surface area contributed by atoms with Gasteiger partial charge in [0.05, 0.1) is 0 Å². The van der Waals surface area contributed by atoms with Gasteiger partial charge in [0, 0.05) is 50.9 Å².